The summed E-state index contributed by atoms with van der Waals surface area (Å²) in [5, 5.41) is 3.71. The standard InChI is InChI=1S/C16H27N3/c1-4-7-14-11-19(16(10-18-14)13(2)3)12-15-8-5-6-9-17-15/h5-6,8-9,13-14,16,18H,4,7,10-12H2,1-3H3. The Bertz CT molecular complexity index is 364. The topological polar surface area (TPSA) is 28.2 Å². The molecular formula is C16H27N3. The van der Waals surface area contributed by atoms with Crippen molar-refractivity contribution < 1.29 is 0 Å². The van der Waals surface area contributed by atoms with Crippen LogP contribution in [0.3, 0.4) is 0 Å². The van der Waals surface area contributed by atoms with Crippen molar-refractivity contribution in [1.29, 1.82) is 0 Å². The Kier molecular flexibility index (Phi) is 5.34. The van der Waals surface area contributed by atoms with Gasteiger partial charge in [0, 0.05) is 37.9 Å². The second-order valence-electron chi connectivity index (χ2n) is 5.96. The molecule has 1 saturated heterocycles. The van der Waals surface area contributed by atoms with E-state index in [0.29, 0.717) is 18.0 Å². The SMILES string of the molecule is CCCC1CN(Cc2ccccn2)C(C(C)C)CN1. The molecule has 19 heavy (non-hydrogen) atoms. The molecule has 1 aromatic rings. The Hall–Kier alpha value is -0.930. The van der Waals surface area contributed by atoms with Crippen molar-refractivity contribution >= 4 is 0 Å². The average Bonchev–Trinajstić information content (AvgIpc) is 2.40. The Labute approximate surface area is 117 Å². The number of rotatable bonds is 5. The lowest BCUT2D eigenvalue weighted by Gasteiger charge is -2.42. The van der Waals surface area contributed by atoms with Gasteiger partial charge in [0.05, 0.1) is 5.69 Å². The summed E-state index contributed by atoms with van der Waals surface area (Å²) < 4.78 is 0. The molecule has 1 aliphatic rings. The van der Waals surface area contributed by atoms with Crippen LogP contribution in [0.25, 0.3) is 0 Å². The largest absolute Gasteiger partial charge is 0.311 e. The van der Waals surface area contributed by atoms with Crippen LogP contribution in [0, 0.1) is 5.92 Å². The number of pyridine rings is 1. The third kappa shape index (κ3) is 4.02. The maximum absolute atomic E-state index is 4.48. The number of aromatic nitrogens is 1. The first-order valence-electron chi connectivity index (χ1n) is 7.58. The van der Waals surface area contributed by atoms with E-state index in [2.05, 4.69) is 48.1 Å². The van der Waals surface area contributed by atoms with Crippen LogP contribution in [0.4, 0.5) is 0 Å². The van der Waals surface area contributed by atoms with E-state index < -0.39 is 0 Å². The van der Waals surface area contributed by atoms with Gasteiger partial charge in [-0.25, -0.2) is 0 Å². The van der Waals surface area contributed by atoms with Crippen molar-refractivity contribution in [3.05, 3.63) is 30.1 Å². The van der Waals surface area contributed by atoms with E-state index in [0.717, 1.165) is 19.6 Å². The van der Waals surface area contributed by atoms with Crippen LogP contribution in [-0.2, 0) is 6.54 Å². The second-order valence-corrected chi connectivity index (χ2v) is 5.96. The highest BCUT2D eigenvalue weighted by atomic mass is 15.2. The van der Waals surface area contributed by atoms with Crippen LogP contribution in [0.15, 0.2) is 24.4 Å². The first-order valence-corrected chi connectivity index (χ1v) is 7.58. The van der Waals surface area contributed by atoms with Gasteiger partial charge in [0.25, 0.3) is 0 Å². The molecule has 0 bridgehead atoms. The average molecular weight is 261 g/mol. The van der Waals surface area contributed by atoms with Gasteiger partial charge < -0.3 is 5.32 Å². The van der Waals surface area contributed by atoms with Gasteiger partial charge in [-0.05, 0) is 24.5 Å². The Morgan fingerprint density at radius 3 is 2.89 bits per heavy atom. The lowest BCUT2D eigenvalue weighted by atomic mass is 9.97. The van der Waals surface area contributed by atoms with Crippen LogP contribution in [0.5, 0.6) is 0 Å². The zero-order valence-electron chi connectivity index (χ0n) is 12.5. The van der Waals surface area contributed by atoms with E-state index in [4.69, 9.17) is 0 Å². The summed E-state index contributed by atoms with van der Waals surface area (Å²) in [6, 6.07) is 7.46. The number of nitrogens with one attached hydrogen (secondary N) is 1. The maximum Gasteiger partial charge on any atom is 0.0544 e. The fourth-order valence-electron chi connectivity index (χ4n) is 2.98. The summed E-state index contributed by atoms with van der Waals surface area (Å²) >= 11 is 0. The van der Waals surface area contributed by atoms with Gasteiger partial charge in [0.2, 0.25) is 0 Å². The molecule has 106 valence electrons. The van der Waals surface area contributed by atoms with Gasteiger partial charge in [-0.1, -0.05) is 33.3 Å². The lowest BCUT2D eigenvalue weighted by molar-refractivity contribution is 0.0873. The number of hydrogen-bond donors (Lipinski definition) is 1. The van der Waals surface area contributed by atoms with Crippen LogP contribution in [-0.4, -0.2) is 35.1 Å². The third-order valence-electron chi connectivity index (χ3n) is 4.04. The molecule has 1 fully saturated rings. The van der Waals surface area contributed by atoms with Gasteiger partial charge in [-0.3, -0.25) is 9.88 Å². The molecule has 3 nitrogen and oxygen atoms in total. The van der Waals surface area contributed by atoms with E-state index in [1.54, 1.807) is 0 Å². The van der Waals surface area contributed by atoms with Crippen LogP contribution in [0.2, 0.25) is 0 Å². The molecule has 0 radical (unpaired) electrons. The number of hydrogen-bond acceptors (Lipinski definition) is 3. The minimum Gasteiger partial charge on any atom is -0.311 e. The Balaban J connectivity index is 2.03. The molecule has 2 heterocycles. The van der Waals surface area contributed by atoms with Gasteiger partial charge in [0.15, 0.2) is 0 Å². The third-order valence-corrected chi connectivity index (χ3v) is 4.04. The van der Waals surface area contributed by atoms with E-state index in [9.17, 15) is 0 Å². The summed E-state index contributed by atoms with van der Waals surface area (Å²) in [6.45, 7) is 10.1. The molecule has 2 rings (SSSR count). The minimum absolute atomic E-state index is 0.620. The summed E-state index contributed by atoms with van der Waals surface area (Å²) in [5.74, 6) is 0.679. The van der Waals surface area contributed by atoms with Gasteiger partial charge in [-0.2, -0.15) is 0 Å². The van der Waals surface area contributed by atoms with Crippen molar-refractivity contribution in [2.24, 2.45) is 5.92 Å². The zero-order valence-corrected chi connectivity index (χ0v) is 12.5. The van der Waals surface area contributed by atoms with Crippen molar-refractivity contribution in [2.45, 2.75) is 52.2 Å². The Morgan fingerprint density at radius 2 is 2.26 bits per heavy atom. The molecule has 0 aliphatic carbocycles. The fourth-order valence-corrected chi connectivity index (χ4v) is 2.98. The monoisotopic (exact) mass is 261 g/mol. The predicted octanol–water partition coefficient (Wildman–Crippen LogP) is 2.68. The fraction of sp³-hybridized carbons (Fsp3) is 0.688. The van der Waals surface area contributed by atoms with Crippen molar-refractivity contribution in [3.8, 4) is 0 Å². The molecule has 2 atom stereocenters. The van der Waals surface area contributed by atoms with E-state index in [1.807, 2.05) is 12.3 Å². The lowest BCUT2D eigenvalue weighted by Crippen LogP contribution is -2.57. The predicted molar refractivity (Wildman–Crippen MR) is 80.0 cm³/mol. The summed E-state index contributed by atoms with van der Waals surface area (Å²) in [6.07, 6.45) is 4.41. The minimum atomic E-state index is 0.620. The molecule has 3 heteroatoms. The molecule has 2 unspecified atom stereocenters. The van der Waals surface area contributed by atoms with Gasteiger partial charge in [-0.15, -0.1) is 0 Å². The molecular weight excluding hydrogens is 234 g/mol. The van der Waals surface area contributed by atoms with E-state index >= 15 is 0 Å². The van der Waals surface area contributed by atoms with Crippen molar-refractivity contribution in [1.82, 2.24) is 15.2 Å². The highest BCUT2D eigenvalue weighted by molar-refractivity contribution is 5.04. The smallest absolute Gasteiger partial charge is 0.0544 e. The van der Waals surface area contributed by atoms with E-state index in [1.165, 1.54) is 18.5 Å². The molecule has 0 spiro atoms. The van der Waals surface area contributed by atoms with Crippen LogP contribution in [0.1, 0.15) is 39.3 Å². The normalized spacial score (nSPS) is 24.8. The highest BCUT2D eigenvalue weighted by Crippen LogP contribution is 2.19. The maximum atomic E-state index is 4.48. The van der Waals surface area contributed by atoms with E-state index in [-0.39, 0.29) is 0 Å². The van der Waals surface area contributed by atoms with Gasteiger partial charge in [0.1, 0.15) is 0 Å². The molecule has 0 aromatic carbocycles. The number of nitrogens with zero attached hydrogens (tertiary/aromatic N) is 2. The molecule has 0 amide bonds. The second kappa shape index (κ2) is 7.01. The molecule has 1 aromatic heterocycles. The van der Waals surface area contributed by atoms with Crippen LogP contribution < -0.4 is 5.32 Å². The zero-order chi connectivity index (χ0) is 13.7. The Morgan fingerprint density at radius 1 is 1.42 bits per heavy atom. The van der Waals surface area contributed by atoms with Crippen molar-refractivity contribution in [3.63, 3.8) is 0 Å². The first-order chi connectivity index (χ1) is 9.20. The first kappa shape index (κ1) is 14.5. The molecule has 1 N–H and O–H groups in total. The molecule has 1 aliphatic heterocycles. The van der Waals surface area contributed by atoms with Crippen molar-refractivity contribution in [2.75, 3.05) is 13.1 Å². The highest BCUT2D eigenvalue weighted by Gasteiger charge is 2.29. The quantitative estimate of drug-likeness (QED) is 0.883. The summed E-state index contributed by atoms with van der Waals surface area (Å²) in [5.41, 5.74) is 1.19. The van der Waals surface area contributed by atoms with Crippen LogP contribution >= 0.6 is 0 Å². The van der Waals surface area contributed by atoms with Gasteiger partial charge >= 0.3 is 0 Å². The summed E-state index contributed by atoms with van der Waals surface area (Å²) in [4.78, 5) is 7.09. The summed E-state index contributed by atoms with van der Waals surface area (Å²) in [7, 11) is 0. The number of piperazine rings is 1. The molecule has 0 saturated carbocycles.